The molecule has 1 N–H and O–H groups in total. The predicted octanol–water partition coefficient (Wildman–Crippen LogP) is 1.83. The molecule has 1 aliphatic heterocycles. The average Bonchev–Trinajstić information content (AvgIpc) is 3.20. The first-order valence-electron chi connectivity index (χ1n) is 11.3. The summed E-state index contributed by atoms with van der Waals surface area (Å²) in [5.41, 5.74) is 6.35. The smallest absolute Gasteiger partial charge is 0.258 e. The molecule has 0 amide bonds. The van der Waals surface area contributed by atoms with Crippen LogP contribution in [0.5, 0.6) is 0 Å². The molecule has 0 saturated carbocycles. The van der Waals surface area contributed by atoms with Crippen LogP contribution < -0.4 is 10.5 Å². The fourth-order valence-electron chi connectivity index (χ4n) is 4.76. The number of fused-ring (bicyclic) bond motifs is 2. The molecule has 4 aromatic rings. The molecular weight excluding hydrogens is 418 g/mol. The van der Waals surface area contributed by atoms with Gasteiger partial charge < -0.3 is 10.0 Å². The largest absolute Gasteiger partial charge is 0.395 e. The summed E-state index contributed by atoms with van der Waals surface area (Å²) in [6.45, 7) is 11.5. The van der Waals surface area contributed by atoms with Crippen molar-refractivity contribution < 1.29 is 5.11 Å². The number of anilines is 1. The van der Waals surface area contributed by atoms with E-state index in [0.29, 0.717) is 29.6 Å². The number of aliphatic hydroxyl groups excluding tert-OH is 1. The van der Waals surface area contributed by atoms with E-state index in [2.05, 4.69) is 32.9 Å². The molecule has 5 rings (SSSR count). The molecule has 5 heterocycles. The van der Waals surface area contributed by atoms with E-state index in [0.717, 1.165) is 47.8 Å². The lowest BCUT2D eigenvalue weighted by Gasteiger charge is -2.40. The molecule has 1 unspecified atom stereocenters. The van der Waals surface area contributed by atoms with E-state index < -0.39 is 0 Å². The Balaban J connectivity index is 1.53. The topological polar surface area (TPSA) is 91.3 Å². The van der Waals surface area contributed by atoms with Crippen molar-refractivity contribution in [3.63, 3.8) is 0 Å². The third kappa shape index (κ3) is 3.87. The van der Waals surface area contributed by atoms with Gasteiger partial charge in [-0.2, -0.15) is 5.10 Å². The van der Waals surface area contributed by atoms with Crippen LogP contribution in [-0.4, -0.2) is 72.8 Å². The SMILES string of the molecule is Cc1cn2nc(-c3cc(=O)n4cc(N5CCN(CCO)C(C)C5)cc(C)c4n3)cc2c(C)n1. The zero-order valence-corrected chi connectivity index (χ0v) is 19.5. The van der Waals surface area contributed by atoms with Crippen LogP contribution in [0.25, 0.3) is 22.6 Å². The second-order valence-electron chi connectivity index (χ2n) is 8.94. The monoisotopic (exact) mass is 447 g/mol. The van der Waals surface area contributed by atoms with Gasteiger partial charge in [-0.05, 0) is 45.4 Å². The van der Waals surface area contributed by atoms with Gasteiger partial charge in [-0.3, -0.25) is 19.1 Å². The van der Waals surface area contributed by atoms with Crippen molar-refractivity contribution in [3.05, 3.63) is 57.9 Å². The summed E-state index contributed by atoms with van der Waals surface area (Å²) in [6.07, 6.45) is 3.76. The number of aromatic nitrogens is 5. The fourth-order valence-corrected chi connectivity index (χ4v) is 4.76. The Labute approximate surface area is 191 Å². The van der Waals surface area contributed by atoms with Crippen LogP contribution in [0.1, 0.15) is 23.9 Å². The lowest BCUT2D eigenvalue weighted by atomic mass is 10.1. The molecule has 172 valence electrons. The molecule has 0 radical (unpaired) electrons. The third-order valence-corrected chi connectivity index (χ3v) is 6.47. The van der Waals surface area contributed by atoms with Crippen molar-refractivity contribution in [3.8, 4) is 11.4 Å². The molecule has 0 aliphatic carbocycles. The van der Waals surface area contributed by atoms with Gasteiger partial charge in [0.1, 0.15) is 11.3 Å². The minimum Gasteiger partial charge on any atom is -0.395 e. The predicted molar refractivity (Wildman–Crippen MR) is 128 cm³/mol. The summed E-state index contributed by atoms with van der Waals surface area (Å²) in [5, 5.41) is 13.9. The van der Waals surface area contributed by atoms with Crippen LogP contribution in [0, 0.1) is 20.8 Å². The van der Waals surface area contributed by atoms with Gasteiger partial charge in [-0.15, -0.1) is 0 Å². The van der Waals surface area contributed by atoms with E-state index in [1.165, 1.54) is 0 Å². The highest BCUT2D eigenvalue weighted by Crippen LogP contribution is 2.24. The summed E-state index contributed by atoms with van der Waals surface area (Å²) in [4.78, 5) is 27.0. The number of aliphatic hydroxyl groups is 1. The van der Waals surface area contributed by atoms with Crippen LogP contribution in [0.2, 0.25) is 0 Å². The Morgan fingerprint density at radius 3 is 2.64 bits per heavy atom. The molecular formula is C24H29N7O2. The number of nitrogens with zero attached hydrogens (tertiary/aromatic N) is 7. The van der Waals surface area contributed by atoms with Crippen molar-refractivity contribution in [1.29, 1.82) is 0 Å². The summed E-state index contributed by atoms with van der Waals surface area (Å²) in [7, 11) is 0. The number of β-amino-alcohol motifs (C(OH)–C–C–N with tert-alkyl or cyclic N) is 1. The number of hydrogen-bond acceptors (Lipinski definition) is 7. The molecule has 1 atom stereocenters. The highest BCUT2D eigenvalue weighted by Gasteiger charge is 2.24. The van der Waals surface area contributed by atoms with Crippen LogP contribution in [0.4, 0.5) is 5.69 Å². The highest BCUT2D eigenvalue weighted by atomic mass is 16.3. The maximum absolute atomic E-state index is 13.1. The first-order chi connectivity index (χ1) is 15.8. The second-order valence-corrected chi connectivity index (χ2v) is 8.94. The maximum Gasteiger partial charge on any atom is 0.258 e. The summed E-state index contributed by atoms with van der Waals surface area (Å²) in [6, 6.07) is 5.91. The molecule has 0 bridgehead atoms. The van der Waals surface area contributed by atoms with E-state index in [1.54, 1.807) is 15.0 Å². The Morgan fingerprint density at radius 2 is 1.88 bits per heavy atom. The average molecular weight is 448 g/mol. The molecule has 1 fully saturated rings. The van der Waals surface area contributed by atoms with E-state index in [4.69, 9.17) is 4.98 Å². The Kier molecular flexibility index (Phi) is 5.38. The summed E-state index contributed by atoms with van der Waals surface area (Å²) < 4.78 is 3.43. The summed E-state index contributed by atoms with van der Waals surface area (Å²) >= 11 is 0. The minimum atomic E-state index is -0.130. The van der Waals surface area contributed by atoms with Crippen LogP contribution in [0.3, 0.4) is 0 Å². The van der Waals surface area contributed by atoms with Gasteiger partial charge in [-0.1, -0.05) is 0 Å². The van der Waals surface area contributed by atoms with Gasteiger partial charge in [-0.25, -0.2) is 9.50 Å². The van der Waals surface area contributed by atoms with Crippen LogP contribution in [0.15, 0.2) is 35.4 Å². The van der Waals surface area contributed by atoms with Gasteiger partial charge >= 0.3 is 0 Å². The second kappa shape index (κ2) is 8.24. The van der Waals surface area contributed by atoms with Crippen molar-refractivity contribution in [2.75, 3.05) is 37.7 Å². The molecule has 9 nitrogen and oxygen atoms in total. The molecule has 9 heteroatoms. The molecule has 4 aromatic heterocycles. The minimum absolute atomic E-state index is 0.130. The van der Waals surface area contributed by atoms with E-state index >= 15 is 0 Å². The Bertz CT molecular complexity index is 1410. The van der Waals surface area contributed by atoms with Gasteiger partial charge in [0.15, 0.2) is 0 Å². The zero-order valence-electron chi connectivity index (χ0n) is 19.5. The number of rotatable bonds is 4. The molecule has 1 saturated heterocycles. The third-order valence-electron chi connectivity index (χ3n) is 6.47. The van der Waals surface area contributed by atoms with Crippen LogP contribution in [-0.2, 0) is 0 Å². The Hall–Kier alpha value is -3.30. The maximum atomic E-state index is 13.1. The van der Waals surface area contributed by atoms with E-state index in [9.17, 15) is 9.90 Å². The number of aryl methyl sites for hydroxylation is 3. The number of hydrogen-bond donors (Lipinski definition) is 1. The van der Waals surface area contributed by atoms with Gasteiger partial charge in [0.05, 0.1) is 41.1 Å². The number of piperazine rings is 1. The first kappa shape index (κ1) is 21.5. The fraction of sp³-hybridized carbons (Fsp3) is 0.417. The summed E-state index contributed by atoms with van der Waals surface area (Å²) in [5.74, 6) is 0. The molecule has 1 aliphatic rings. The Morgan fingerprint density at radius 1 is 1.06 bits per heavy atom. The van der Waals surface area contributed by atoms with Crippen molar-refractivity contribution in [2.45, 2.75) is 33.7 Å². The van der Waals surface area contributed by atoms with Gasteiger partial charge in [0.2, 0.25) is 0 Å². The quantitative estimate of drug-likeness (QED) is 0.510. The molecule has 0 spiro atoms. The number of pyridine rings is 1. The highest BCUT2D eigenvalue weighted by molar-refractivity contribution is 5.67. The normalized spacial score (nSPS) is 17.4. The van der Waals surface area contributed by atoms with Crippen molar-refractivity contribution in [1.82, 2.24) is 28.9 Å². The van der Waals surface area contributed by atoms with E-state index in [-0.39, 0.29) is 12.2 Å². The van der Waals surface area contributed by atoms with Crippen molar-refractivity contribution in [2.24, 2.45) is 0 Å². The van der Waals surface area contributed by atoms with E-state index in [1.807, 2.05) is 39.2 Å². The first-order valence-corrected chi connectivity index (χ1v) is 11.3. The van der Waals surface area contributed by atoms with Crippen LogP contribution >= 0.6 is 0 Å². The lowest BCUT2D eigenvalue weighted by Crippen LogP contribution is -2.52. The van der Waals surface area contributed by atoms with Crippen molar-refractivity contribution >= 4 is 16.9 Å². The molecule has 0 aromatic carbocycles. The standard InChI is InChI=1S/C24H29N7O2/c1-15-9-19(29-6-5-28(7-8-32)17(3)13-29)14-30-23(33)11-20(26-24(15)30)21-10-22-18(4)25-16(2)12-31(22)27-21/h9-12,14,17,32H,5-8,13H2,1-4H3. The zero-order chi connectivity index (χ0) is 23.3. The lowest BCUT2D eigenvalue weighted by molar-refractivity contribution is 0.146. The van der Waals surface area contributed by atoms with Gasteiger partial charge in [0.25, 0.3) is 5.56 Å². The van der Waals surface area contributed by atoms with Gasteiger partial charge in [0, 0.05) is 44.5 Å². The molecule has 33 heavy (non-hydrogen) atoms.